The van der Waals surface area contributed by atoms with Gasteiger partial charge in [-0.05, 0) is 73.9 Å². The highest BCUT2D eigenvalue weighted by Crippen LogP contribution is 2.36. The van der Waals surface area contributed by atoms with E-state index in [1.165, 1.54) is 12.3 Å². The maximum absolute atomic E-state index is 13.8. The van der Waals surface area contributed by atoms with Crippen LogP contribution in [0.5, 0.6) is 0 Å². The summed E-state index contributed by atoms with van der Waals surface area (Å²) >= 11 is 6.12. The lowest BCUT2D eigenvalue weighted by molar-refractivity contribution is -0.130. The normalized spacial score (nSPS) is 15.4. The Kier molecular flexibility index (Phi) is 7.87. The molecule has 2 amide bonds. The van der Waals surface area contributed by atoms with Crippen LogP contribution in [-0.4, -0.2) is 40.2 Å². The second-order valence-corrected chi connectivity index (χ2v) is 10.7. The van der Waals surface area contributed by atoms with Crippen LogP contribution in [-0.2, 0) is 22.8 Å². The Bertz CT molecular complexity index is 1560. The number of nitrogens with zero attached hydrogens (tertiary/aromatic N) is 2. The molecule has 0 spiro atoms. The summed E-state index contributed by atoms with van der Waals surface area (Å²) in [5.74, 6) is -1.34. The van der Waals surface area contributed by atoms with Crippen molar-refractivity contribution in [3.63, 3.8) is 0 Å². The van der Waals surface area contributed by atoms with Crippen LogP contribution in [0.4, 0.5) is 14.5 Å². The van der Waals surface area contributed by atoms with Gasteiger partial charge in [-0.15, -0.1) is 0 Å². The van der Waals surface area contributed by atoms with E-state index >= 15 is 0 Å². The topological polar surface area (TPSA) is 85.3 Å². The molecule has 40 heavy (non-hydrogen) atoms. The number of amides is 2. The Labute approximate surface area is 235 Å². The van der Waals surface area contributed by atoms with Gasteiger partial charge in [-0.3, -0.25) is 14.6 Å². The van der Waals surface area contributed by atoms with Gasteiger partial charge in [-0.1, -0.05) is 23.7 Å². The molecule has 5 rings (SSSR count). The van der Waals surface area contributed by atoms with Crippen molar-refractivity contribution in [2.45, 2.75) is 45.2 Å². The van der Waals surface area contributed by atoms with Gasteiger partial charge in [0.2, 0.25) is 0 Å². The quantitative estimate of drug-likeness (QED) is 0.258. The van der Waals surface area contributed by atoms with Crippen LogP contribution in [0, 0.1) is 0 Å². The second-order valence-electron chi connectivity index (χ2n) is 10.3. The number of anilines is 1. The molecule has 4 aromatic rings. The third kappa shape index (κ3) is 5.85. The van der Waals surface area contributed by atoms with E-state index in [1.807, 2.05) is 36.4 Å². The lowest BCUT2D eigenvalue weighted by atomic mass is 10.1. The van der Waals surface area contributed by atoms with Gasteiger partial charge in [0.25, 0.3) is 11.8 Å². The van der Waals surface area contributed by atoms with Crippen molar-refractivity contribution in [2.75, 3.05) is 18.5 Å². The molecule has 0 aliphatic carbocycles. The Morgan fingerprint density at radius 3 is 2.60 bits per heavy atom. The number of alkyl halides is 2. The standard InChI is InChI=1S/C30H29ClF2N4O3/c1-30(2,33)29(39)35-16-18-11-24(25(14-32)34-15-18)28(38)36-22-7-8-26-20(12-22)13-27(19-3-5-21(31)6-4-19)37(26)23-9-10-40-17-23/h3-8,11-13,15,23H,9-10,14,16-17H2,1-2H3,(H,35,39)(H,36,38)/t23-/m0/s1. The van der Waals surface area contributed by atoms with E-state index in [-0.39, 0.29) is 23.8 Å². The van der Waals surface area contributed by atoms with Crippen molar-refractivity contribution in [3.8, 4) is 11.3 Å². The van der Waals surface area contributed by atoms with Crippen molar-refractivity contribution >= 4 is 40.0 Å². The van der Waals surface area contributed by atoms with Gasteiger partial charge < -0.3 is 19.9 Å². The molecule has 0 unspecified atom stereocenters. The van der Waals surface area contributed by atoms with Crippen LogP contribution in [0.3, 0.4) is 0 Å². The van der Waals surface area contributed by atoms with E-state index in [9.17, 15) is 18.4 Å². The lowest BCUT2D eigenvalue weighted by Crippen LogP contribution is -2.38. The smallest absolute Gasteiger partial charge is 0.257 e. The summed E-state index contributed by atoms with van der Waals surface area (Å²) in [5, 5.41) is 6.88. The van der Waals surface area contributed by atoms with E-state index in [2.05, 4.69) is 26.3 Å². The first-order chi connectivity index (χ1) is 19.1. The molecule has 1 fully saturated rings. The first-order valence-corrected chi connectivity index (χ1v) is 13.3. The van der Waals surface area contributed by atoms with Gasteiger partial charge >= 0.3 is 0 Å². The summed E-state index contributed by atoms with van der Waals surface area (Å²) in [6.07, 6.45) is 2.25. The molecule has 1 aliphatic heterocycles. The highest BCUT2D eigenvalue weighted by atomic mass is 35.5. The summed E-state index contributed by atoms with van der Waals surface area (Å²) < 4.78 is 35.5. The molecule has 1 aliphatic rings. The summed E-state index contributed by atoms with van der Waals surface area (Å²) in [6, 6.07) is 17.0. The summed E-state index contributed by atoms with van der Waals surface area (Å²) in [6.45, 7) is 2.61. The second kappa shape index (κ2) is 11.3. The third-order valence-corrected chi connectivity index (χ3v) is 7.15. The average molecular weight is 567 g/mol. The highest BCUT2D eigenvalue weighted by Gasteiger charge is 2.26. The van der Waals surface area contributed by atoms with Crippen molar-refractivity contribution in [3.05, 3.63) is 82.6 Å². The zero-order valence-corrected chi connectivity index (χ0v) is 22.9. The molecule has 0 bridgehead atoms. The Hall–Kier alpha value is -3.82. The molecule has 0 saturated carbocycles. The van der Waals surface area contributed by atoms with Crippen LogP contribution in [0.25, 0.3) is 22.2 Å². The molecule has 3 heterocycles. The zero-order chi connectivity index (χ0) is 28.4. The van der Waals surface area contributed by atoms with Gasteiger partial charge in [-0.2, -0.15) is 0 Å². The van der Waals surface area contributed by atoms with Crippen molar-refractivity contribution in [1.82, 2.24) is 14.9 Å². The number of carbonyl (C=O) groups is 2. The summed E-state index contributed by atoms with van der Waals surface area (Å²) in [5.41, 5.74) is 1.95. The van der Waals surface area contributed by atoms with Crippen LogP contribution in [0.1, 0.15) is 47.9 Å². The predicted molar refractivity (Wildman–Crippen MR) is 151 cm³/mol. The fourth-order valence-corrected chi connectivity index (χ4v) is 4.93. The molecule has 10 heteroatoms. The molecule has 2 aromatic heterocycles. The lowest BCUT2D eigenvalue weighted by Gasteiger charge is -2.17. The Balaban J connectivity index is 1.43. The fourth-order valence-electron chi connectivity index (χ4n) is 4.80. The van der Waals surface area contributed by atoms with Crippen LogP contribution < -0.4 is 10.6 Å². The first-order valence-electron chi connectivity index (χ1n) is 12.9. The first kappa shape index (κ1) is 27.7. The molecule has 7 nitrogen and oxygen atoms in total. The molecule has 1 atom stereocenters. The van der Waals surface area contributed by atoms with Gasteiger partial charge in [0.15, 0.2) is 5.67 Å². The Morgan fingerprint density at radius 1 is 1.15 bits per heavy atom. The van der Waals surface area contributed by atoms with Crippen molar-refractivity contribution in [2.24, 2.45) is 0 Å². The number of hydrogen-bond donors (Lipinski definition) is 2. The number of pyridine rings is 1. The third-order valence-electron chi connectivity index (χ3n) is 6.90. The van der Waals surface area contributed by atoms with Gasteiger partial charge in [0.05, 0.1) is 23.9 Å². The molecule has 2 aromatic carbocycles. The maximum atomic E-state index is 13.8. The van der Waals surface area contributed by atoms with Gasteiger partial charge in [0, 0.05) is 46.7 Å². The molecule has 2 N–H and O–H groups in total. The summed E-state index contributed by atoms with van der Waals surface area (Å²) in [7, 11) is 0. The van der Waals surface area contributed by atoms with Crippen LogP contribution in [0.2, 0.25) is 5.02 Å². The number of halogens is 3. The van der Waals surface area contributed by atoms with Crippen LogP contribution in [0.15, 0.2) is 60.8 Å². The highest BCUT2D eigenvalue weighted by molar-refractivity contribution is 6.30. The average Bonchev–Trinajstić information content (AvgIpc) is 3.59. The SMILES string of the molecule is CC(C)(F)C(=O)NCc1cnc(CF)c(C(=O)Nc2ccc3c(c2)cc(-c2ccc(Cl)cc2)n3[C@H]2CCOC2)c1. The van der Waals surface area contributed by atoms with Crippen molar-refractivity contribution < 1.29 is 23.1 Å². The van der Waals surface area contributed by atoms with Crippen LogP contribution >= 0.6 is 11.6 Å². The van der Waals surface area contributed by atoms with E-state index in [1.54, 1.807) is 6.07 Å². The summed E-state index contributed by atoms with van der Waals surface area (Å²) in [4.78, 5) is 29.1. The van der Waals surface area contributed by atoms with E-state index in [0.717, 1.165) is 42.4 Å². The maximum Gasteiger partial charge on any atom is 0.257 e. The number of aromatic nitrogens is 2. The number of nitrogens with one attached hydrogen (secondary N) is 2. The Morgan fingerprint density at radius 2 is 1.93 bits per heavy atom. The predicted octanol–water partition coefficient (Wildman–Crippen LogP) is 6.40. The minimum absolute atomic E-state index is 0.0307. The number of ether oxygens (including phenoxy) is 1. The molecular weight excluding hydrogens is 538 g/mol. The largest absolute Gasteiger partial charge is 0.379 e. The number of carbonyl (C=O) groups excluding carboxylic acids is 2. The van der Waals surface area contributed by atoms with E-state index < -0.39 is 24.2 Å². The minimum atomic E-state index is -2.05. The molecular formula is C30H29ClF2N4O3. The molecule has 1 saturated heterocycles. The number of fused-ring (bicyclic) bond motifs is 1. The molecule has 208 valence electrons. The number of rotatable bonds is 8. The minimum Gasteiger partial charge on any atom is -0.379 e. The van der Waals surface area contributed by atoms with E-state index in [4.69, 9.17) is 16.3 Å². The monoisotopic (exact) mass is 566 g/mol. The zero-order valence-electron chi connectivity index (χ0n) is 22.1. The van der Waals surface area contributed by atoms with Crippen molar-refractivity contribution in [1.29, 1.82) is 0 Å². The number of benzene rings is 2. The van der Waals surface area contributed by atoms with E-state index in [0.29, 0.717) is 29.5 Å². The fraction of sp³-hybridized carbons (Fsp3) is 0.300. The molecule has 0 radical (unpaired) electrons. The van der Waals surface area contributed by atoms with Gasteiger partial charge in [-0.25, -0.2) is 8.78 Å². The number of hydrogen-bond acceptors (Lipinski definition) is 4. The van der Waals surface area contributed by atoms with Gasteiger partial charge in [0.1, 0.15) is 6.67 Å².